The highest BCUT2D eigenvalue weighted by Gasteiger charge is 2.56. The van der Waals surface area contributed by atoms with Gasteiger partial charge in [0.25, 0.3) is 0 Å². The molecule has 2 rings (SSSR count). The Bertz CT molecular complexity index is 388. The number of carbonyl (C=O) groups is 2. The minimum absolute atomic E-state index is 0.0379. The summed E-state index contributed by atoms with van der Waals surface area (Å²) < 4.78 is 5.69. The first kappa shape index (κ1) is 17.5. The van der Waals surface area contributed by atoms with Crippen molar-refractivity contribution in [1.82, 2.24) is 5.32 Å². The average Bonchev–Trinajstić information content (AvgIpc) is 2.53. The number of piperidine rings is 1. The number of ether oxygens (including phenoxy) is 1. The van der Waals surface area contributed by atoms with E-state index < -0.39 is 6.10 Å². The van der Waals surface area contributed by atoms with Gasteiger partial charge in [0.2, 0.25) is 0 Å². The normalized spacial score (nSPS) is 24.8. The van der Waals surface area contributed by atoms with Crippen LogP contribution in [-0.4, -0.2) is 30.9 Å². The van der Waals surface area contributed by atoms with Crippen LogP contribution in [0.4, 0.5) is 0 Å². The molecule has 0 aromatic rings. The summed E-state index contributed by atoms with van der Waals surface area (Å²) in [6.07, 6.45) is 8.41. The van der Waals surface area contributed by atoms with E-state index in [1.807, 2.05) is 6.92 Å². The van der Waals surface area contributed by atoms with Gasteiger partial charge in [-0.2, -0.15) is 0 Å². The maximum absolute atomic E-state index is 12.4. The molecule has 0 amide bonds. The minimum atomic E-state index is -0.466. The van der Waals surface area contributed by atoms with Crippen molar-refractivity contribution in [3.63, 3.8) is 0 Å². The third kappa shape index (κ3) is 3.89. The summed E-state index contributed by atoms with van der Waals surface area (Å²) in [5.74, 6) is -0.0601. The molecule has 0 aromatic carbocycles. The maximum atomic E-state index is 12.4. The summed E-state index contributed by atoms with van der Waals surface area (Å²) in [4.78, 5) is 24.4. The van der Waals surface area contributed by atoms with Gasteiger partial charge in [-0.15, -0.1) is 0 Å². The largest absolute Gasteiger partial charge is 0.454 e. The van der Waals surface area contributed by atoms with Crippen molar-refractivity contribution in [2.75, 3.05) is 13.1 Å². The zero-order valence-electron chi connectivity index (χ0n) is 14.2. The maximum Gasteiger partial charge on any atom is 0.309 e. The number of hydrogen-bond donors (Lipinski definition) is 1. The van der Waals surface area contributed by atoms with E-state index in [2.05, 4.69) is 12.2 Å². The number of nitrogens with one attached hydrogen (secondary N) is 1. The molecular weight excluding hydrogens is 278 g/mol. The second-order valence-electron chi connectivity index (χ2n) is 7.03. The van der Waals surface area contributed by atoms with Gasteiger partial charge in [-0.1, -0.05) is 39.5 Å². The Balaban J connectivity index is 1.84. The van der Waals surface area contributed by atoms with Crippen LogP contribution in [0.2, 0.25) is 0 Å². The molecule has 1 aliphatic carbocycles. The van der Waals surface area contributed by atoms with Crippen molar-refractivity contribution in [2.24, 2.45) is 11.3 Å². The van der Waals surface area contributed by atoms with Crippen LogP contribution < -0.4 is 5.32 Å². The molecule has 1 heterocycles. The first-order valence-electron chi connectivity index (χ1n) is 9.07. The highest BCUT2D eigenvalue weighted by Crippen LogP contribution is 2.47. The van der Waals surface area contributed by atoms with Gasteiger partial charge < -0.3 is 10.1 Å². The van der Waals surface area contributed by atoms with Gasteiger partial charge in [0, 0.05) is 11.8 Å². The van der Waals surface area contributed by atoms with Gasteiger partial charge in [0.15, 0.2) is 11.9 Å². The number of rotatable bonds is 8. The summed E-state index contributed by atoms with van der Waals surface area (Å²) >= 11 is 0. The molecule has 126 valence electrons. The van der Waals surface area contributed by atoms with Crippen molar-refractivity contribution in [3.05, 3.63) is 0 Å². The lowest BCUT2D eigenvalue weighted by Crippen LogP contribution is -2.59. The molecule has 0 bridgehead atoms. The van der Waals surface area contributed by atoms with E-state index in [0.29, 0.717) is 6.42 Å². The average molecular weight is 309 g/mol. The van der Waals surface area contributed by atoms with E-state index in [-0.39, 0.29) is 23.1 Å². The zero-order valence-corrected chi connectivity index (χ0v) is 14.2. The van der Waals surface area contributed by atoms with Gasteiger partial charge in [-0.05, 0) is 38.8 Å². The summed E-state index contributed by atoms with van der Waals surface area (Å²) in [5.41, 5.74) is -0.0570. The first-order chi connectivity index (χ1) is 10.6. The van der Waals surface area contributed by atoms with Crippen LogP contribution in [0.3, 0.4) is 0 Å². The van der Waals surface area contributed by atoms with Crippen LogP contribution in [-0.2, 0) is 14.3 Å². The van der Waals surface area contributed by atoms with Gasteiger partial charge in [-0.25, -0.2) is 0 Å². The van der Waals surface area contributed by atoms with Crippen LogP contribution in [0.25, 0.3) is 0 Å². The number of Topliss-reactive ketones (excluding diaryl/α,β-unsaturated/α-hetero) is 1. The van der Waals surface area contributed by atoms with Gasteiger partial charge in [0.1, 0.15) is 0 Å². The zero-order chi connectivity index (χ0) is 16.0. The van der Waals surface area contributed by atoms with E-state index in [4.69, 9.17) is 4.74 Å². The van der Waals surface area contributed by atoms with Crippen LogP contribution >= 0.6 is 0 Å². The SMILES string of the molecule is CCCCCCC(CC)C(=O)OC1C(=O)CC12CCNCC2. The van der Waals surface area contributed by atoms with Gasteiger partial charge in [-0.3, -0.25) is 9.59 Å². The molecule has 0 aromatic heterocycles. The Labute approximate surface area is 134 Å². The summed E-state index contributed by atoms with van der Waals surface area (Å²) in [6.45, 7) is 6.08. The van der Waals surface area contributed by atoms with Gasteiger partial charge >= 0.3 is 5.97 Å². The third-order valence-corrected chi connectivity index (χ3v) is 5.44. The summed E-state index contributed by atoms with van der Waals surface area (Å²) in [6, 6.07) is 0. The van der Waals surface area contributed by atoms with E-state index in [9.17, 15) is 9.59 Å². The Hall–Kier alpha value is -0.900. The summed E-state index contributed by atoms with van der Waals surface area (Å²) in [5, 5.41) is 3.32. The number of hydrogen-bond acceptors (Lipinski definition) is 4. The smallest absolute Gasteiger partial charge is 0.309 e. The predicted octanol–water partition coefficient (Wildman–Crippen LogP) is 3.24. The monoisotopic (exact) mass is 309 g/mol. The van der Waals surface area contributed by atoms with Crippen molar-refractivity contribution in [1.29, 1.82) is 0 Å². The van der Waals surface area contributed by atoms with Crippen molar-refractivity contribution >= 4 is 11.8 Å². The molecule has 4 nitrogen and oxygen atoms in total. The molecule has 2 atom stereocenters. The third-order valence-electron chi connectivity index (χ3n) is 5.44. The highest BCUT2D eigenvalue weighted by molar-refractivity contribution is 5.93. The molecule has 1 aliphatic heterocycles. The molecule has 0 radical (unpaired) electrons. The number of ketones is 1. The molecule has 22 heavy (non-hydrogen) atoms. The molecule has 4 heteroatoms. The van der Waals surface area contributed by atoms with E-state index >= 15 is 0 Å². The molecule has 2 unspecified atom stereocenters. The Morgan fingerprint density at radius 3 is 2.59 bits per heavy atom. The van der Waals surface area contributed by atoms with Crippen molar-refractivity contribution < 1.29 is 14.3 Å². The number of esters is 1. The molecule has 1 N–H and O–H groups in total. The predicted molar refractivity (Wildman–Crippen MR) is 86.6 cm³/mol. The van der Waals surface area contributed by atoms with E-state index in [1.165, 1.54) is 19.3 Å². The lowest BCUT2D eigenvalue weighted by molar-refractivity contribution is -0.184. The molecule has 1 spiro atoms. The number of unbranched alkanes of at least 4 members (excludes halogenated alkanes) is 3. The first-order valence-corrected chi connectivity index (χ1v) is 9.07. The van der Waals surface area contributed by atoms with Crippen LogP contribution in [0.5, 0.6) is 0 Å². The second kappa shape index (κ2) is 8.09. The van der Waals surface area contributed by atoms with Crippen LogP contribution in [0, 0.1) is 11.3 Å². The standard InChI is InChI=1S/C18H31NO3/c1-3-5-6-7-8-14(4-2)17(21)22-16-15(20)13-18(16)9-11-19-12-10-18/h14,16,19H,3-13H2,1-2H3. The minimum Gasteiger partial charge on any atom is -0.454 e. The summed E-state index contributed by atoms with van der Waals surface area (Å²) in [7, 11) is 0. The topological polar surface area (TPSA) is 55.4 Å². The van der Waals surface area contributed by atoms with E-state index in [1.54, 1.807) is 0 Å². The molecular formula is C18H31NO3. The fourth-order valence-corrected chi connectivity index (χ4v) is 3.82. The van der Waals surface area contributed by atoms with Gasteiger partial charge in [0.05, 0.1) is 5.92 Å². The molecule has 2 fully saturated rings. The lowest BCUT2D eigenvalue weighted by atomic mass is 9.60. The van der Waals surface area contributed by atoms with Crippen molar-refractivity contribution in [3.8, 4) is 0 Å². The Morgan fingerprint density at radius 1 is 1.27 bits per heavy atom. The van der Waals surface area contributed by atoms with Crippen LogP contribution in [0.15, 0.2) is 0 Å². The Morgan fingerprint density at radius 2 is 2.00 bits per heavy atom. The fraction of sp³-hybridized carbons (Fsp3) is 0.889. The highest BCUT2D eigenvalue weighted by atomic mass is 16.6. The molecule has 2 aliphatic rings. The lowest BCUT2D eigenvalue weighted by Gasteiger charge is -2.49. The fourth-order valence-electron chi connectivity index (χ4n) is 3.82. The molecule has 1 saturated carbocycles. The second-order valence-corrected chi connectivity index (χ2v) is 7.03. The molecule has 1 saturated heterocycles. The van der Waals surface area contributed by atoms with Crippen LogP contribution in [0.1, 0.15) is 71.6 Å². The quantitative estimate of drug-likeness (QED) is 0.552. The number of carbonyl (C=O) groups excluding carboxylic acids is 2. The van der Waals surface area contributed by atoms with Crippen molar-refractivity contribution in [2.45, 2.75) is 77.7 Å². The van der Waals surface area contributed by atoms with E-state index in [0.717, 1.165) is 45.2 Å². The Kier molecular flexibility index (Phi) is 6.42.